The molecule has 4 rings (SSSR count). The number of nitrogens with zero attached hydrogens (tertiary/aromatic N) is 3. The van der Waals surface area contributed by atoms with Crippen LogP contribution in [-0.4, -0.2) is 28.3 Å². The van der Waals surface area contributed by atoms with Gasteiger partial charge in [-0.1, -0.05) is 24.3 Å². The number of carbonyl (C=O) groups excluding carboxylic acids is 2. The lowest BCUT2D eigenvalue weighted by molar-refractivity contribution is 0.0519. The molecule has 34 heavy (non-hydrogen) atoms. The van der Waals surface area contributed by atoms with E-state index in [0.717, 1.165) is 0 Å². The Hall–Kier alpha value is -4.77. The van der Waals surface area contributed by atoms with E-state index < -0.39 is 11.8 Å². The fourth-order valence-electron chi connectivity index (χ4n) is 3.39. The minimum atomic E-state index is -0.597. The predicted octanol–water partition coefficient (Wildman–Crippen LogP) is 4.98. The zero-order valence-corrected chi connectivity index (χ0v) is 18.2. The normalized spacial score (nSPS) is 10.4. The summed E-state index contributed by atoms with van der Waals surface area (Å²) in [6, 6.07) is 22.7. The molecule has 1 heterocycles. The van der Waals surface area contributed by atoms with Crippen LogP contribution in [0.1, 0.15) is 33.3 Å². The van der Waals surface area contributed by atoms with Crippen molar-refractivity contribution in [2.45, 2.75) is 6.92 Å². The van der Waals surface area contributed by atoms with Gasteiger partial charge in [-0.3, -0.25) is 4.79 Å². The highest BCUT2D eigenvalue weighted by atomic mass is 19.1. The molecular weight excluding hydrogens is 435 g/mol. The third-order valence-corrected chi connectivity index (χ3v) is 4.92. The van der Waals surface area contributed by atoms with Crippen LogP contribution in [0.4, 0.5) is 10.1 Å². The third-order valence-electron chi connectivity index (χ3n) is 4.92. The van der Waals surface area contributed by atoms with Gasteiger partial charge in [-0.2, -0.15) is 10.4 Å². The molecule has 0 fully saturated rings. The van der Waals surface area contributed by atoms with Crippen molar-refractivity contribution in [2.24, 2.45) is 0 Å². The smallest absolute Gasteiger partial charge is 0.358 e. The first-order valence-electron chi connectivity index (χ1n) is 10.4. The maximum absolute atomic E-state index is 13.9. The summed E-state index contributed by atoms with van der Waals surface area (Å²) in [5, 5.41) is 16.2. The Kier molecular flexibility index (Phi) is 6.46. The van der Waals surface area contributed by atoms with Crippen molar-refractivity contribution in [1.29, 1.82) is 5.26 Å². The van der Waals surface area contributed by atoms with Crippen LogP contribution in [0.2, 0.25) is 0 Å². The van der Waals surface area contributed by atoms with Crippen LogP contribution in [0.3, 0.4) is 0 Å². The van der Waals surface area contributed by atoms with Gasteiger partial charge in [-0.15, -0.1) is 0 Å². The molecule has 8 heteroatoms. The summed E-state index contributed by atoms with van der Waals surface area (Å²) in [6.45, 7) is 1.89. The van der Waals surface area contributed by atoms with Crippen molar-refractivity contribution in [3.8, 4) is 23.0 Å². The molecule has 1 amide bonds. The van der Waals surface area contributed by atoms with E-state index in [1.54, 1.807) is 67.6 Å². The van der Waals surface area contributed by atoms with Crippen molar-refractivity contribution in [3.05, 3.63) is 102 Å². The van der Waals surface area contributed by atoms with Gasteiger partial charge in [0, 0.05) is 16.8 Å². The zero-order chi connectivity index (χ0) is 24.1. The minimum absolute atomic E-state index is 0.0730. The van der Waals surface area contributed by atoms with Gasteiger partial charge in [0.15, 0.2) is 5.69 Å². The summed E-state index contributed by atoms with van der Waals surface area (Å²) < 4.78 is 20.4. The summed E-state index contributed by atoms with van der Waals surface area (Å²) in [7, 11) is 0. The number of esters is 1. The Labute approximate surface area is 195 Å². The quantitative estimate of drug-likeness (QED) is 0.415. The van der Waals surface area contributed by atoms with Gasteiger partial charge < -0.3 is 10.1 Å². The van der Waals surface area contributed by atoms with Crippen molar-refractivity contribution in [1.82, 2.24) is 9.78 Å². The number of halogens is 1. The summed E-state index contributed by atoms with van der Waals surface area (Å²) >= 11 is 0. The lowest BCUT2D eigenvalue weighted by Gasteiger charge is -2.10. The van der Waals surface area contributed by atoms with Gasteiger partial charge in [-0.25, -0.2) is 13.9 Å². The van der Waals surface area contributed by atoms with Gasteiger partial charge >= 0.3 is 5.97 Å². The lowest BCUT2D eigenvalue weighted by atomic mass is 10.1. The van der Waals surface area contributed by atoms with Crippen LogP contribution in [0.25, 0.3) is 16.9 Å². The Morgan fingerprint density at radius 1 is 1.06 bits per heavy atom. The average Bonchev–Trinajstić information content (AvgIpc) is 3.30. The first kappa shape index (κ1) is 22.4. The summed E-state index contributed by atoms with van der Waals surface area (Å²) in [4.78, 5) is 25.0. The maximum Gasteiger partial charge on any atom is 0.358 e. The van der Waals surface area contributed by atoms with Crippen LogP contribution in [0.5, 0.6) is 0 Å². The first-order valence-corrected chi connectivity index (χ1v) is 10.4. The standard InChI is InChI=1S/C26H19FN4O3/c1-2-34-26(33)23-15-24(31(30-23)22-11-5-9-20(27)14-22)18-7-4-10-21(13-18)29-25(32)19-8-3-6-17(12-19)16-28/h3-15H,2H2,1H3,(H,29,32). The first-order chi connectivity index (χ1) is 16.5. The van der Waals surface area contributed by atoms with Gasteiger partial charge in [0.25, 0.3) is 5.91 Å². The van der Waals surface area contributed by atoms with E-state index in [9.17, 15) is 14.0 Å². The molecule has 168 valence electrons. The van der Waals surface area contributed by atoms with Crippen LogP contribution in [-0.2, 0) is 4.74 Å². The molecule has 7 nitrogen and oxygen atoms in total. The SMILES string of the molecule is CCOC(=O)c1cc(-c2cccc(NC(=O)c3cccc(C#N)c3)c2)n(-c2cccc(F)c2)n1. The highest BCUT2D eigenvalue weighted by Crippen LogP contribution is 2.27. The number of rotatable bonds is 6. The molecule has 0 saturated carbocycles. The van der Waals surface area contributed by atoms with Crippen molar-refractivity contribution in [3.63, 3.8) is 0 Å². The highest BCUT2D eigenvalue weighted by Gasteiger charge is 2.18. The number of benzene rings is 3. The van der Waals surface area contributed by atoms with E-state index in [4.69, 9.17) is 10.00 Å². The van der Waals surface area contributed by atoms with Crippen molar-refractivity contribution >= 4 is 17.6 Å². The molecule has 1 N–H and O–H groups in total. The molecule has 0 aliphatic rings. The number of carbonyl (C=O) groups is 2. The molecule has 0 spiro atoms. The molecule has 0 aliphatic carbocycles. The molecular formula is C26H19FN4O3. The largest absolute Gasteiger partial charge is 0.461 e. The fourth-order valence-corrected chi connectivity index (χ4v) is 3.39. The number of anilines is 1. The third kappa shape index (κ3) is 4.84. The molecule has 0 saturated heterocycles. The number of nitriles is 1. The lowest BCUT2D eigenvalue weighted by Crippen LogP contribution is -2.12. The summed E-state index contributed by atoms with van der Waals surface area (Å²) in [5.41, 5.74) is 2.87. The Morgan fingerprint density at radius 3 is 2.62 bits per heavy atom. The Bertz CT molecular complexity index is 1420. The number of aromatic nitrogens is 2. The van der Waals surface area contributed by atoms with E-state index in [2.05, 4.69) is 10.4 Å². The fraction of sp³-hybridized carbons (Fsp3) is 0.0769. The second kappa shape index (κ2) is 9.79. The van der Waals surface area contributed by atoms with E-state index in [0.29, 0.717) is 33.8 Å². The van der Waals surface area contributed by atoms with E-state index in [1.807, 2.05) is 6.07 Å². The molecule has 0 unspecified atom stereocenters. The predicted molar refractivity (Wildman–Crippen MR) is 124 cm³/mol. The van der Waals surface area contributed by atoms with E-state index in [-0.39, 0.29) is 18.2 Å². The number of ether oxygens (including phenoxy) is 1. The molecule has 4 aromatic rings. The summed E-state index contributed by atoms with van der Waals surface area (Å²) in [6.07, 6.45) is 0. The van der Waals surface area contributed by atoms with Gasteiger partial charge in [-0.05, 0) is 61.5 Å². The molecule has 0 atom stereocenters. The zero-order valence-electron chi connectivity index (χ0n) is 18.2. The van der Waals surface area contributed by atoms with E-state index in [1.165, 1.54) is 22.9 Å². The molecule has 0 radical (unpaired) electrons. The number of hydrogen-bond donors (Lipinski definition) is 1. The van der Waals surface area contributed by atoms with Gasteiger partial charge in [0.2, 0.25) is 0 Å². The van der Waals surface area contributed by atoms with Gasteiger partial charge in [0.1, 0.15) is 5.82 Å². The number of amides is 1. The molecule has 0 bridgehead atoms. The summed E-state index contributed by atoms with van der Waals surface area (Å²) in [5.74, 6) is -1.42. The molecule has 0 aliphatic heterocycles. The minimum Gasteiger partial charge on any atom is -0.461 e. The Balaban J connectivity index is 1.71. The molecule has 1 aromatic heterocycles. The second-order valence-electron chi connectivity index (χ2n) is 7.25. The maximum atomic E-state index is 13.9. The number of nitrogens with one attached hydrogen (secondary N) is 1. The molecule has 3 aromatic carbocycles. The van der Waals surface area contributed by atoms with Crippen LogP contribution in [0.15, 0.2) is 78.9 Å². The van der Waals surface area contributed by atoms with Gasteiger partial charge in [0.05, 0.1) is 29.6 Å². The van der Waals surface area contributed by atoms with Crippen LogP contribution in [0, 0.1) is 17.1 Å². The van der Waals surface area contributed by atoms with Crippen LogP contribution < -0.4 is 5.32 Å². The number of hydrogen-bond acceptors (Lipinski definition) is 5. The van der Waals surface area contributed by atoms with Crippen molar-refractivity contribution < 1.29 is 18.7 Å². The second-order valence-corrected chi connectivity index (χ2v) is 7.25. The van der Waals surface area contributed by atoms with Crippen molar-refractivity contribution in [2.75, 3.05) is 11.9 Å². The highest BCUT2D eigenvalue weighted by molar-refractivity contribution is 6.04. The topological polar surface area (TPSA) is 97.0 Å². The monoisotopic (exact) mass is 454 g/mol. The average molecular weight is 454 g/mol. The van der Waals surface area contributed by atoms with Crippen LogP contribution >= 0.6 is 0 Å². The Morgan fingerprint density at radius 2 is 1.85 bits per heavy atom. The van der Waals surface area contributed by atoms with E-state index >= 15 is 0 Å².